The zero-order chi connectivity index (χ0) is 15.5. The van der Waals surface area contributed by atoms with Gasteiger partial charge in [0.25, 0.3) is 5.22 Å². The molecule has 8 heteroatoms. The Morgan fingerprint density at radius 3 is 2.91 bits per heavy atom. The van der Waals surface area contributed by atoms with Gasteiger partial charge in [-0.1, -0.05) is 29.1 Å². The number of halogens is 1. The van der Waals surface area contributed by atoms with E-state index in [1.807, 2.05) is 13.0 Å². The first kappa shape index (κ1) is 14.7. The number of hydrogen-bond donors (Lipinski definition) is 0. The first-order valence-corrected chi connectivity index (χ1v) is 7.52. The monoisotopic (exact) mass is 320 g/mol. The van der Waals surface area contributed by atoms with Crippen LogP contribution in [0.2, 0.25) is 0 Å². The molecule has 6 nitrogen and oxygen atoms in total. The SMILES string of the molecule is Cc1noc([C@@H](C)Sc2nnc(Cc3cccc(F)c3)o2)n1. The minimum Gasteiger partial charge on any atom is -0.416 e. The molecule has 0 aliphatic rings. The van der Waals surface area contributed by atoms with Crippen molar-refractivity contribution >= 4 is 11.8 Å². The maximum absolute atomic E-state index is 13.1. The van der Waals surface area contributed by atoms with Gasteiger partial charge in [0, 0.05) is 0 Å². The van der Waals surface area contributed by atoms with Gasteiger partial charge in [0.1, 0.15) is 5.82 Å². The molecule has 0 aliphatic carbocycles. The molecule has 0 amide bonds. The average molecular weight is 320 g/mol. The first-order chi connectivity index (χ1) is 10.6. The summed E-state index contributed by atoms with van der Waals surface area (Å²) in [5.74, 6) is 1.24. The molecule has 2 heterocycles. The van der Waals surface area contributed by atoms with Crippen LogP contribution in [0.25, 0.3) is 0 Å². The van der Waals surface area contributed by atoms with Crippen molar-refractivity contribution in [2.45, 2.75) is 30.7 Å². The molecule has 22 heavy (non-hydrogen) atoms. The van der Waals surface area contributed by atoms with Gasteiger partial charge in [-0.05, 0) is 31.5 Å². The Kier molecular flexibility index (Phi) is 4.19. The highest BCUT2D eigenvalue weighted by atomic mass is 32.2. The molecule has 3 aromatic rings. The summed E-state index contributed by atoms with van der Waals surface area (Å²) < 4.78 is 23.8. The standard InChI is InChI=1S/C14H13FN4O2S/c1-8(13-16-9(2)19-21-13)22-14-18-17-12(20-14)7-10-4-3-5-11(15)6-10/h3-6,8H,7H2,1-2H3/t8-/m1/s1. The number of thioether (sulfide) groups is 1. The van der Waals surface area contributed by atoms with Gasteiger partial charge >= 0.3 is 0 Å². The number of hydrogen-bond acceptors (Lipinski definition) is 7. The first-order valence-electron chi connectivity index (χ1n) is 6.64. The third-order valence-corrected chi connectivity index (χ3v) is 3.78. The summed E-state index contributed by atoms with van der Waals surface area (Å²) in [6.07, 6.45) is 0.388. The van der Waals surface area contributed by atoms with E-state index in [1.165, 1.54) is 23.9 Å². The molecule has 0 radical (unpaired) electrons. The lowest BCUT2D eigenvalue weighted by Gasteiger charge is -2.00. The van der Waals surface area contributed by atoms with E-state index in [2.05, 4.69) is 20.3 Å². The number of aryl methyl sites for hydroxylation is 1. The zero-order valence-electron chi connectivity index (χ0n) is 12.0. The summed E-state index contributed by atoms with van der Waals surface area (Å²) >= 11 is 1.33. The molecule has 0 bridgehead atoms. The summed E-state index contributed by atoms with van der Waals surface area (Å²) in [7, 11) is 0. The van der Waals surface area contributed by atoms with Crippen molar-refractivity contribution in [2.75, 3.05) is 0 Å². The van der Waals surface area contributed by atoms with Gasteiger partial charge in [0.05, 0.1) is 11.7 Å². The van der Waals surface area contributed by atoms with Gasteiger partial charge in [0.2, 0.25) is 11.8 Å². The second kappa shape index (κ2) is 6.27. The molecule has 2 aromatic heterocycles. The van der Waals surface area contributed by atoms with Crippen molar-refractivity contribution in [2.24, 2.45) is 0 Å². The Balaban J connectivity index is 1.66. The van der Waals surface area contributed by atoms with Crippen molar-refractivity contribution in [3.8, 4) is 0 Å². The van der Waals surface area contributed by atoms with Crippen LogP contribution in [0.1, 0.15) is 35.3 Å². The highest BCUT2D eigenvalue weighted by Crippen LogP contribution is 2.33. The summed E-state index contributed by atoms with van der Waals surface area (Å²) in [6, 6.07) is 6.30. The molecular formula is C14H13FN4O2S. The molecule has 0 spiro atoms. The smallest absolute Gasteiger partial charge is 0.277 e. The number of nitrogens with zero attached hydrogens (tertiary/aromatic N) is 4. The van der Waals surface area contributed by atoms with Crippen molar-refractivity contribution in [3.63, 3.8) is 0 Å². The summed E-state index contributed by atoms with van der Waals surface area (Å²) in [5.41, 5.74) is 0.778. The lowest BCUT2D eigenvalue weighted by Crippen LogP contribution is -1.89. The van der Waals surface area contributed by atoms with Crippen LogP contribution in [0.5, 0.6) is 0 Å². The van der Waals surface area contributed by atoms with E-state index in [4.69, 9.17) is 8.94 Å². The zero-order valence-corrected chi connectivity index (χ0v) is 12.8. The lowest BCUT2D eigenvalue weighted by atomic mass is 10.1. The van der Waals surface area contributed by atoms with Crippen LogP contribution in [0.15, 0.2) is 38.4 Å². The predicted octanol–water partition coefficient (Wildman–Crippen LogP) is 3.34. The van der Waals surface area contributed by atoms with Crippen LogP contribution in [0, 0.1) is 12.7 Å². The quantitative estimate of drug-likeness (QED) is 0.667. The third-order valence-electron chi connectivity index (χ3n) is 2.86. The number of aromatic nitrogens is 4. The highest BCUT2D eigenvalue weighted by molar-refractivity contribution is 7.99. The van der Waals surface area contributed by atoms with E-state index < -0.39 is 0 Å². The Labute approximate surface area is 130 Å². The van der Waals surface area contributed by atoms with Crippen LogP contribution in [-0.2, 0) is 6.42 Å². The van der Waals surface area contributed by atoms with Crippen LogP contribution in [-0.4, -0.2) is 20.3 Å². The molecular weight excluding hydrogens is 307 g/mol. The molecule has 1 atom stereocenters. The van der Waals surface area contributed by atoms with Gasteiger partial charge in [-0.2, -0.15) is 4.98 Å². The molecule has 0 fully saturated rings. The second-order valence-electron chi connectivity index (χ2n) is 4.71. The summed E-state index contributed by atoms with van der Waals surface area (Å²) in [5, 5.41) is 12.0. The number of rotatable bonds is 5. The Bertz CT molecular complexity index is 774. The minimum atomic E-state index is -0.285. The molecule has 0 aliphatic heterocycles. The van der Waals surface area contributed by atoms with E-state index in [1.54, 1.807) is 13.0 Å². The van der Waals surface area contributed by atoms with E-state index in [9.17, 15) is 4.39 Å². The van der Waals surface area contributed by atoms with Crippen molar-refractivity contribution in [1.82, 2.24) is 20.3 Å². The molecule has 114 valence electrons. The summed E-state index contributed by atoms with van der Waals surface area (Å²) in [6.45, 7) is 3.67. The molecule has 0 saturated carbocycles. The van der Waals surface area contributed by atoms with Gasteiger partial charge in [-0.3, -0.25) is 0 Å². The van der Waals surface area contributed by atoms with Crippen molar-refractivity contribution < 1.29 is 13.3 Å². The van der Waals surface area contributed by atoms with Gasteiger partial charge in [-0.15, -0.1) is 10.2 Å². The third kappa shape index (κ3) is 3.51. The molecule has 0 unspecified atom stereocenters. The Morgan fingerprint density at radius 2 is 2.18 bits per heavy atom. The maximum atomic E-state index is 13.1. The fraction of sp³-hybridized carbons (Fsp3) is 0.286. The van der Waals surface area contributed by atoms with Gasteiger partial charge in [-0.25, -0.2) is 4.39 Å². The Morgan fingerprint density at radius 1 is 1.32 bits per heavy atom. The maximum Gasteiger partial charge on any atom is 0.277 e. The topological polar surface area (TPSA) is 77.8 Å². The highest BCUT2D eigenvalue weighted by Gasteiger charge is 2.18. The largest absolute Gasteiger partial charge is 0.416 e. The average Bonchev–Trinajstić information content (AvgIpc) is 3.08. The van der Waals surface area contributed by atoms with Crippen LogP contribution in [0.3, 0.4) is 0 Å². The molecule has 3 rings (SSSR count). The fourth-order valence-electron chi connectivity index (χ4n) is 1.86. The van der Waals surface area contributed by atoms with E-state index >= 15 is 0 Å². The van der Waals surface area contributed by atoms with Crippen molar-refractivity contribution in [3.05, 3.63) is 53.3 Å². The fourth-order valence-corrected chi connectivity index (χ4v) is 2.59. The van der Waals surface area contributed by atoms with Gasteiger partial charge in [0.15, 0.2) is 5.82 Å². The van der Waals surface area contributed by atoms with Crippen LogP contribution < -0.4 is 0 Å². The van der Waals surface area contributed by atoms with E-state index in [0.29, 0.717) is 29.2 Å². The Hall–Kier alpha value is -2.22. The molecule has 1 aromatic carbocycles. The lowest BCUT2D eigenvalue weighted by molar-refractivity contribution is 0.374. The molecule has 0 saturated heterocycles. The van der Waals surface area contributed by atoms with Crippen LogP contribution in [0.4, 0.5) is 4.39 Å². The normalized spacial score (nSPS) is 12.5. The van der Waals surface area contributed by atoms with Crippen molar-refractivity contribution in [1.29, 1.82) is 0 Å². The van der Waals surface area contributed by atoms with E-state index in [-0.39, 0.29) is 11.1 Å². The van der Waals surface area contributed by atoms with Gasteiger partial charge < -0.3 is 8.94 Å². The molecule has 0 N–H and O–H groups in total. The van der Waals surface area contributed by atoms with Crippen LogP contribution >= 0.6 is 11.8 Å². The second-order valence-corrected chi connectivity index (χ2v) is 6.00. The predicted molar refractivity (Wildman–Crippen MR) is 76.8 cm³/mol. The summed E-state index contributed by atoms with van der Waals surface area (Å²) in [4.78, 5) is 4.16. The van der Waals surface area contributed by atoms with E-state index in [0.717, 1.165) is 5.56 Å². The number of benzene rings is 1. The minimum absolute atomic E-state index is 0.0938.